The van der Waals surface area contributed by atoms with E-state index in [0.717, 1.165) is 54.2 Å². The van der Waals surface area contributed by atoms with E-state index >= 15 is 0 Å². The van der Waals surface area contributed by atoms with E-state index in [-0.39, 0.29) is 11.3 Å². The lowest BCUT2D eigenvalue weighted by atomic mass is 9.97. The molecule has 0 saturated carbocycles. The van der Waals surface area contributed by atoms with Crippen LogP contribution in [0.15, 0.2) is 78.4 Å². The van der Waals surface area contributed by atoms with Crippen molar-refractivity contribution in [1.29, 1.82) is 0 Å². The third kappa shape index (κ3) is 4.20. The maximum absolute atomic E-state index is 13.3. The summed E-state index contributed by atoms with van der Waals surface area (Å²) < 4.78 is 13.3. The van der Waals surface area contributed by atoms with Crippen LogP contribution in [0.1, 0.15) is 23.1 Å². The second-order valence-corrected chi connectivity index (χ2v) is 8.33. The Kier molecular flexibility index (Phi) is 5.67. The Morgan fingerprint density at radius 1 is 0.941 bits per heavy atom. The Morgan fingerprint density at radius 2 is 1.71 bits per heavy atom. The number of anilines is 2. The summed E-state index contributed by atoms with van der Waals surface area (Å²) in [6.45, 7) is 1.77. The van der Waals surface area contributed by atoms with Gasteiger partial charge in [0.05, 0.1) is 5.69 Å². The van der Waals surface area contributed by atoms with E-state index in [1.165, 1.54) is 23.8 Å². The number of urea groups is 1. The number of hydrogen-bond donors (Lipinski definition) is 1. The van der Waals surface area contributed by atoms with E-state index in [1.807, 2.05) is 36.4 Å². The fraction of sp³-hybridized carbons (Fsp3) is 0.148. The number of barbiturate groups is 1. The Hall–Kier alpha value is -4.26. The molecule has 0 unspecified atom stereocenters. The van der Waals surface area contributed by atoms with Gasteiger partial charge >= 0.3 is 6.03 Å². The molecule has 1 fully saturated rings. The second-order valence-electron chi connectivity index (χ2n) is 8.33. The highest BCUT2D eigenvalue weighted by Crippen LogP contribution is 2.30. The molecule has 0 aliphatic carbocycles. The third-order valence-corrected chi connectivity index (χ3v) is 6.03. The van der Waals surface area contributed by atoms with Gasteiger partial charge in [-0.05, 0) is 72.0 Å². The van der Waals surface area contributed by atoms with E-state index in [2.05, 4.69) is 22.3 Å². The van der Waals surface area contributed by atoms with E-state index in [9.17, 15) is 18.8 Å². The molecule has 1 saturated heterocycles. The average molecular weight is 455 g/mol. The Bertz CT molecular complexity index is 1300. The van der Waals surface area contributed by atoms with Crippen molar-refractivity contribution in [2.24, 2.45) is 0 Å². The highest BCUT2D eigenvalue weighted by Gasteiger charge is 2.36. The fourth-order valence-corrected chi connectivity index (χ4v) is 4.40. The van der Waals surface area contributed by atoms with Crippen LogP contribution in [0.2, 0.25) is 0 Å². The van der Waals surface area contributed by atoms with Crippen molar-refractivity contribution < 1.29 is 18.8 Å². The molecule has 5 rings (SSSR count). The minimum Gasteiger partial charge on any atom is -0.367 e. The Morgan fingerprint density at radius 3 is 2.47 bits per heavy atom. The van der Waals surface area contributed by atoms with Gasteiger partial charge in [0, 0.05) is 18.8 Å². The average Bonchev–Trinajstić information content (AvgIpc) is 2.83. The van der Waals surface area contributed by atoms with Crippen LogP contribution in [0, 0.1) is 5.82 Å². The van der Waals surface area contributed by atoms with Gasteiger partial charge in [-0.2, -0.15) is 0 Å². The number of nitrogens with one attached hydrogen (secondary N) is 1. The van der Waals surface area contributed by atoms with Gasteiger partial charge in [-0.3, -0.25) is 14.9 Å². The zero-order valence-electron chi connectivity index (χ0n) is 18.3. The molecule has 0 bridgehead atoms. The summed E-state index contributed by atoms with van der Waals surface area (Å²) in [6, 6.07) is 20.2. The van der Waals surface area contributed by atoms with Crippen LogP contribution in [0.25, 0.3) is 6.08 Å². The number of benzene rings is 3. The maximum atomic E-state index is 13.3. The zero-order chi connectivity index (χ0) is 23.7. The van der Waals surface area contributed by atoms with Crippen molar-refractivity contribution in [2.75, 3.05) is 16.3 Å². The van der Waals surface area contributed by atoms with E-state index in [4.69, 9.17) is 0 Å². The molecular weight excluding hydrogens is 433 g/mol. The number of nitrogens with zero attached hydrogens (tertiary/aromatic N) is 2. The van der Waals surface area contributed by atoms with Crippen LogP contribution in [0.4, 0.5) is 20.6 Å². The van der Waals surface area contributed by atoms with E-state index in [0.29, 0.717) is 5.56 Å². The van der Waals surface area contributed by atoms with Crippen molar-refractivity contribution in [2.45, 2.75) is 19.4 Å². The van der Waals surface area contributed by atoms with Gasteiger partial charge in [0.2, 0.25) is 0 Å². The van der Waals surface area contributed by atoms with Gasteiger partial charge in [0.15, 0.2) is 0 Å². The van der Waals surface area contributed by atoms with Crippen molar-refractivity contribution in [1.82, 2.24) is 5.32 Å². The summed E-state index contributed by atoms with van der Waals surface area (Å²) in [4.78, 5) is 41.0. The predicted octanol–water partition coefficient (Wildman–Crippen LogP) is 4.44. The van der Waals surface area contributed by atoms with Crippen molar-refractivity contribution in [3.05, 3.63) is 101 Å². The molecule has 4 amide bonds. The first-order valence-electron chi connectivity index (χ1n) is 11.1. The lowest BCUT2D eigenvalue weighted by molar-refractivity contribution is -0.122. The van der Waals surface area contributed by atoms with Crippen LogP contribution in [-0.2, 0) is 22.6 Å². The minimum atomic E-state index is -0.860. The number of rotatable bonds is 4. The summed E-state index contributed by atoms with van der Waals surface area (Å²) in [7, 11) is 0. The summed E-state index contributed by atoms with van der Waals surface area (Å²) in [5.74, 6) is -1.99. The predicted molar refractivity (Wildman–Crippen MR) is 128 cm³/mol. The quantitative estimate of drug-likeness (QED) is 0.466. The maximum Gasteiger partial charge on any atom is 0.335 e. The lowest BCUT2D eigenvalue weighted by Gasteiger charge is -2.32. The molecule has 34 heavy (non-hydrogen) atoms. The van der Waals surface area contributed by atoms with Crippen LogP contribution in [-0.4, -0.2) is 24.4 Å². The number of amides is 4. The molecule has 2 heterocycles. The van der Waals surface area contributed by atoms with Gasteiger partial charge in [-0.15, -0.1) is 0 Å². The highest BCUT2D eigenvalue weighted by molar-refractivity contribution is 6.39. The number of aryl methyl sites for hydroxylation is 1. The molecule has 1 N–H and O–H groups in total. The first-order valence-corrected chi connectivity index (χ1v) is 11.1. The highest BCUT2D eigenvalue weighted by atomic mass is 19.1. The summed E-state index contributed by atoms with van der Waals surface area (Å²) >= 11 is 0. The number of fused-ring (bicyclic) bond motifs is 1. The molecule has 3 aromatic carbocycles. The molecular formula is C27H22FN3O3. The smallest absolute Gasteiger partial charge is 0.335 e. The van der Waals surface area contributed by atoms with Crippen LogP contribution in [0.5, 0.6) is 0 Å². The topological polar surface area (TPSA) is 69.7 Å². The van der Waals surface area contributed by atoms with Gasteiger partial charge in [0.1, 0.15) is 11.4 Å². The minimum absolute atomic E-state index is 0.152. The van der Waals surface area contributed by atoms with Gasteiger partial charge in [-0.1, -0.05) is 36.4 Å². The monoisotopic (exact) mass is 455 g/mol. The number of hydrogen-bond acceptors (Lipinski definition) is 4. The molecule has 7 heteroatoms. The summed E-state index contributed by atoms with van der Waals surface area (Å²) in [6.07, 6.45) is 3.40. The normalized spacial score (nSPS) is 17.1. The Balaban J connectivity index is 1.43. The number of halogens is 1. The molecule has 2 aliphatic heterocycles. The van der Waals surface area contributed by atoms with Crippen molar-refractivity contribution in [3.8, 4) is 0 Å². The van der Waals surface area contributed by atoms with Crippen LogP contribution in [0.3, 0.4) is 0 Å². The molecule has 6 nitrogen and oxygen atoms in total. The third-order valence-electron chi connectivity index (χ3n) is 6.03. The SMILES string of the molecule is O=C1NC(=O)N(c2ccc(F)cc2)C(=O)/C1=C/c1ccc2c(c1)CCCN2Cc1ccccc1. The first-order chi connectivity index (χ1) is 16.5. The van der Waals surface area contributed by atoms with E-state index < -0.39 is 23.7 Å². The fourth-order valence-electron chi connectivity index (χ4n) is 4.40. The molecule has 2 aliphatic rings. The van der Waals surface area contributed by atoms with Crippen molar-refractivity contribution >= 4 is 35.3 Å². The molecule has 0 atom stereocenters. The number of imide groups is 2. The standard InChI is InChI=1S/C27H22FN3O3/c28-21-9-11-22(12-10-21)31-26(33)23(25(32)29-27(31)34)16-19-8-13-24-20(15-19)7-4-14-30(24)17-18-5-2-1-3-6-18/h1-3,5-6,8-13,15-16H,4,7,14,17H2,(H,29,32,34)/b23-16+. The molecule has 0 spiro atoms. The zero-order valence-corrected chi connectivity index (χ0v) is 18.3. The van der Waals surface area contributed by atoms with Crippen LogP contribution < -0.4 is 15.1 Å². The largest absolute Gasteiger partial charge is 0.367 e. The van der Waals surface area contributed by atoms with Gasteiger partial charge in [0.25, 0.3) is 11.8 Å². The van der Waals surface area contributed by atoms with Gasteiger partial charge in [-0.25, -0.2) is 14.1 Å². The molecule has 170 valence electrons. The summed E-state index contributed by atoms with van der Waals surface area (Å²) in [5, 5.41) is 2.20. The van der Waals surface area contributed by atoms with E-state index in [1.54, 1.807) is 0 Å². The number of carbonyl (C=O) groups is 3. The Labute approximate surface area is 196 Å². The molecule has 3 aromatic rings. The van der Waals surface area contributed by atoms with Crippen molar-refractivity contribution in [3.63, 3.8) is 0 Å². The number of carbonyl (C=O) groups excluding carboxylic acids is 3. The second kappa shape index (κ2) is 8.94. The molecule has 0 radical (unpaired) electrons. The molecule has 0 aromatic heterocycles. The lowest BCUT2D eigenvalue weighted by Crippen LogP contribution is -2.54. The van der Waals surface area contributed by atoms with Crippen LogP contribution >= 0.6 is 0 Å². The first kappa shape index (κ1) is 21.6. The van der Waals surface area contributed by atoms with Gasteiger partial charge < -0.3 is 4.90 Å². The summed E-state index contributed by atoms with van der Waals surface area (Å²) in [5.41, 5.74) is 4.25.